The number of rotatable bonds is 5. The monoisotopic (exact) mass is 351 g/mol. The third kappa shape index (κ3) is 2.55. The maximum Gasteiger partial charge on any atom is 0.328 e. The summed E-state index contributed by atoms with van der Waals surface area (Å²) in [5.41, 5.74) is 2.38. The van der Waals surface area contributed by atoms with Gasteiger partial charge in [-0.25, -0.2) is 14.5 Å². The summed E-state index contributed by atoms with van der Waals surface area (Å²) in [6.07, 6.45) is 2.00. The van der Waals surface area contributed by atoms with E-state index in [1.165, 1.54) is 4.68 Å². The lowest BCUT2D eigenvalue weighted by molar-refractivity contribution is -0.141. The Morgan fingerprint density at radius 1 is 1.23 bits per heavy atom. The van der Waals surface area contributed by atoms with Crippen molar-refractivity contribution in [2.45, 2.75) is 19.4 Å². The number of carbonyl (C=O) groups is 1. The molecule has 0 aliphatic carbocycles. The highest BCUT2D eigenvalue weighted by molar-refractivity contribution is 5.79. The number of hydrogen-bond donors (Lipinski definition) is 1. The molecule has 8 nitrogen and oxygen atoms in total. The van der Waals surface area contributed by atoms with Crippen molar-refractivity contribution in [2.24, 2.45) is 7.05 Å². The molecule has 0 radical (unpaired) electrons. The molecule has 3 aromatic heterocycles. The van der Waals surface area contributed by atoms with Crippen LogP contribution >= 0.6 is 0 Å². The zero-order chi connectivity index (χ0) is 18.3. The number of carboxylic acid groups (broad SMARTS) is 1. The summed E-state index contributed by atoms with van der Waals surface area (Å²) in [7, 11) is 1.93. The average molecular weight is 351 g/mol. The maximum atomic E-state index is 11.3. The first-order valence-electron chi connectivity index (χ1n) is 8.25. The Kier molecular flexibility index (Phi) is 3.80. The number of aromatic nitrogens is 5. The van der Waals surface area contributed by atoms with Crippen molar-refractivity contribution < 1.29 is 14.3 Å². The van der Waals surface area contributed by atoms with Gasteiger partial charge in [-0.1, -0.05) is 24.3 Å². The van der Waals surface area contributed by atoms with E-state index in [2.05, 4.69) is 15.3 Å². The number of hydrogen-bond acceptors (Lipinski definition) is 5. The van der Waals surface area contributed by atoms with Gasteiger partial charge in [-0.15, -0.1) is 5.10 Å². The summed E-state index contributed by atoms with van der Waals surface area (Å²) < 4.78 is 9.21. The second-order valence-electron chi connectivity index (χ2n) is 5.99. The predicted molar refractivity (Wildman–Crippen MR) is 94.4 cm³/mol. The molecule has 132 valence electrons. The summed E-state index contributed by atoms with van der Waals surface area (Å²) in [5, 5.41) is 17.2. The predicted octanol–water partition coefficient (Wildman–Crippen LogP) is 3.13. The van der Waals surface area contributed by atoms with Crippen LogP contribution in [0.1, 0.15) is 19.4 Å². The summed E-state index contributed by atoms with van der Waals surface area (Å²) in [5.74, 6) is 0.891. The molecule has 0 aliphatic rings. The number of imidazole rings is 1. The maximum absolute atomic E-state index is 11.3. The van der Waals surface area contributed by atoms with Gasteiger partial charge in [0.05, 0.1) is 17.2 Å². The van der Waals surface area contributed by atoms with E-state index >= 15 is 0 Å². The lowest BCUT2D eigenvalue weighted by Crippen LogP contribution is -2.18. The lowest BCUT2D eigenvalue weighted by atomic mass is 10.2. The number of para-hydroxylation sites is 2. The van der Waals surface area contributed by atoms with Gasteiger partial charge in [0.25, 0.3) is 0 Å². The van der Waals surface area contributed by atoms with E-state index in [1.54, 1.807) is 19.2 Å². The smallest absolute Gasteiger partial charge is 0.328 e. The Morgan fingerprint density at radius 2 is 2.00 bits per heavy atom. The third-order valence-electron chi connectivity index (χ3n) is 4.37. The van der Waals surface area contributed by atoms with E-state index in [9.17, 15) is 9.90 Å². The van der Waals surface area contributed by atoms with Gasteiger partial charge in [0.1, 0.15) is 5.69 Å². The van der Waals surface area contributed by atoms with E-state index < -0.39 is 12.0 Å². The number of carboxylic acids is 1. The molecule has 4 rings (SSSR count). The van der Waals surface area contributed by atoms with Crippen molar-refractivity contribution in [3.63, 3.8) is 0 Å². The van der Waals surface area contributed by atoms with Gasteiger partial charge >= 0.3 is 5.97 Å². The molecule has 0 amide bonds. The van der Waals surface area contributed by atoms with Crippen LogP contribution < -0.4 is 0 Å². The lowest BCUT2D eigenvalue weighted by Gasteiger charge is -2.07. The molecule has 3 heterocycles. The van der Waals surface area contributed by atoms with Crippen LogP contribution in [-0.4, -0.2) is 35.6 Å². The van der Waals surface area contributed by atoms with Gasteiger partial charge in [-0.05, 0) is 30.7 Å². The van der Waals surface area contributed by atoms with Crippen molar-refractivity contribution >= 4 is 17.0 Å². The highest BCUT2D eigenvalue weighted by atomic mass is 16.4. The van der Waals surface area contributed by atoms with Crippen molar-refractivity contribution in [1.29, 1.82) is 0 Å². The summed E-state index contributed by atoms with van der Waals surface area (Å²) >= 11 is 0. The quantitative estimate of drug-likeness (QED) is 0.593. The molecule has 0 saturated heterocycles. The van der Waals surface area contributed by atoms with Crippen molar-refractivity contribution in [3.8, 4) is 23.0 Å². The molecule has 8 heteroatoms. The van der Waals surface area contributed by atoms with Crippen LogP contribution in [0.25, 0.3) is 34.1 Å². The van der Waals surface area contributed by atoms with Gasteiger partial charge in [0, 0.05) is 7.05 Å². The number of fused-ring (bicyclic) bond motifs is 1. The summed E-state index contributed by atoms with van der Waals surface area (Å²) in [6.45, 7) is 1.79. The largest absolute Gasteiger partial charge is 0.480 e. The minimum atomic E-state index is -0.941. The summed E-state index contributed by atoms with van der Waals surface area (Å²) in [4.78, 5) is 15.9. The molecule has 0 unspecified atom stereocenters. The Hall–Kier alpha value is -3.42. The molecular formula is C18H17N5O3. The molecule has 26 heavy (non-hydrogen) atoms. The van der Waals surface area contributed by atoms with Crippen molar-refractivity contribution in [3.05, 3.63) is 42.6 Å². The van der Waals surface area contributed by atoms with E-state index in [1.807, 2.05) is 41.9 Å². The van der Waals surface area contributed by atoms with Crippen molar-refractivity contribution in [2.75, 3.05) is 0 Å². The Bertz CT molecular complexity index is 1090. The fourth-order valence-corrected chi connectivity index (χ4v) is 2.98. The van der Waals surface area contributed by atoms with E-state index in [-0.39, 0.29) is 0 Å². The molecule has 1 aromatic carbocycles. The Balaban J connectivity index is 1.69. The number of benzene rings is 1. The van der Waals surface area contributed by atoms with Gasteiger partial charge in [-0.3, -0.25) is 0 Å². The molecule has 0 spiro atoms. The average Bonchev–Trinajstić information content (AvgIpc) is 3.34. The zero-order valence-corrected chi connectivity index (χ0v) is 14.3. The highest BCUT2D eigenvalue weighted by Gasteiger charge is 2.21. The first kappa shape index (κ1) is 16.1. The number of aryl methyl sites for hydroxylation is 1. The normalized spacial score (nSPS) is 12.5. The molecule has 0 aliphatic heterocycles. The molecular weight excluding hydrogens is 334 g/mol. The van der Waals surface area contributed by atoms with Gasteiger partial charge in [0.15, 0.2) is 23.4 Å². The molecule has 0 fully saturated rings. The van der Waals surface area contributed by atoms with E-state index in [4.69, 9.17) is 4.42 Å². The number of nitrogens with zero attached hydrogens (tertiary/aromatic N) is 5. The molecule has 0 saturated carbocycles. The van der Waals surface area contributed by atoms with E-state index in [0.29, 0.717) is 29.5 Å². The zero-order valence-electron chi connectivity index (χ0n) is 14.3. The third-order valence-corrected chi connectivity index (χ3v) is 4.37. The standard InChI is InChI=1S/C18H17N5O3/c1-3-13(18(24)25)23-10-12(20-21-23)15-8-9-16(26-15)17-19-11-6-4-5-7-14(11)22(17)2/h4-10,13H,3H2,1-2H3,(H,24,25)/t13-/m0/s1. The van der Waals surface area contributed by atoms with E-state index in [0.717, 1.165) is 11.0 Å². The summed E-state index contributed by atoms with van der Waals surface area (Å²) in [6, 6.07) is 10.7. The Labute approximate surface area is 148 Å². The number of furan rings is 1. The minimum Gasteiger partial charge on any atom is -0.480 e. The van der Waals surface area contributed by atoms with Crippen LogP contribution in [0.4, 0.5) is 0 Å². The van der Waals surface area contributed by atoms with Crippen molar-refractivity contribution in [1.82, 2.24) is 24.5 Å². The SMILES string of the molecule is CC[C@@H](C(=O)O)n1cc(-c2ccc(-c3nc4ccccc4n3C)o2)nn1. The molecule has 0 bridgehead atoms. The molecule has 1 atom stereocenters. The van der Waals surface area contributed by atoms with Crippen LogP contribution in [0.5, 0.6) is 0 Å². The van der Waals surface area contributed by atoms with Crippen LogP contribution in [0.2, 0.25) is 0 Å². The molecule has 1 N–H and O–H groups in total. The van der Waals surface area contributed by atoms with Crippen LogP contribution in [0.15, 0.2) is 47.0 Å². The first-order valence-corrected chi connectivity index (χ1v) is 8.25. The fourth-order valence-electron chi connectivity index (χ4n) is 2.98. The minimum absolute atomic E-state index is 0.418. The highest BCUT2D eigenvalue weighted by Crippen LogP contribution is 2.29. The second kappa shape index (κ2) is 6.14. The second-order valence-corrected chi connectivity index (χ2v) is 5.99. The van der Waals surface area contributed by atoms with Crippen LogP contribution in [0, 0.1) is 0 Å². The van der Waals surface area contributed by atoms with Gasteiger partial charge < -0.3 is 14.1 Å². The number of aliphatic carboxylic acids is 1. The fraction of sp³-hybridized carbons (Fsp3) is 0.222. The topological polar surface area (TPSA) is 99.0 Å². The van der Waals surface area contributed by atoms with Crippen LogP contribution in [-0.2, 0) is 11.8 Å². The Morgan fingerprint density at radius 3 is 2.73 bits per heavy atom. The van der Waals surface area contributed by atoms with Crippen LogP contribution in [0.3, 0.4) is 0 Å². The van der Waals surface area contributed by atoms with Gasteiger partial charge in [-0.2, -0.15) is 0 Å². The molecule has 4 aromatic rings. The van der Waals surface area contributed by atoms with Gasteiger partial charge in [0.2, 0.25) is 0 Å². The first-order chi connectivity index (χ1) is 12.6.